The molecule has 1 aromatic carbocycles. The highest BCUT2D eigenvalue weighted by atomic mass is 16.3. The molecule has 1 amide bonds. The predicted molar refractivity (Wildman–Crippen MR) is 62.6 cm³/mol. The van der Waals surface area contributed by atoms with Gasteiger partial charge < -0.3 is 9.73 Å². The highest BCUT2D eigenvalue weighted by Gasteiger charge is 2.24. The lowest BCUT2D eigenvalue weighted by Gasteiger charge is -2.04. The van der Waals surface area contributed by atoms with Crippen LogP contribution in [0.25, 0.3) is 11.0 Å². The molecule has 2 aromatic rings. The molecule has 17 heavy (non-hydrogen) atoms. The normalized spacial score (nSPS) is 14.8. The van der Waals surface area contributed by atoms with E-state index in [-0.39, 0.29) is 17.5 Å². The second-order valence-electron chi connectivity index (χ2n) is 4.27. The average Bonchev–Trinajstić information content (AvgIpc) is 3.12. The molecule has 3 rings (SSSR count). The van der Waals surface area contributed by atoms with Gasteiger partial charge in [-0.15, -0.1) is 0 Å². The van der Waals surface area contributed by atoms with Crippen LogP contribution in [0.5, 0.6) is 0 Å². The summed E-state index contributed by atoms with van der Waals surface area (Å²) in [6.45, 7) is 0. The van der Waals surface area contributed by atoms with E-state index >= 15 is 0 Å². The van der Waals surface area contributed by atoms with Crippen LogP contribution in [0.3, 0.4) is 0 Å². The fraction of sp³-hybridized carbons (Fsp3) is 0.231. The summed E-state index contributed by atoms with van der Waals surface area (Å²) in [6.07, 6.45) is 2.06. The van der Waals surface area contributed by atoms with Crippen molar-refractivity contribution in [2.45, 2.75) is 18.9 Å². The number of rotatable bonds is 2. The van der Waals surface area contributed by atoms with Crippen LogP contribution in [0.15, 0.2) is 34.7 Å². The second-order valence-corrected chi connectivity index (χ2v) is 4.27. The van der Waals surface area contributed by atoms with Crippen LogP contribution in [0, 0.1) is 5.41 Å². The fourth-order valence-corrected chi connectivity index (χ4v) is 1.74. The number of carbonyl (C=O) groups is 1. The van der Waals surface area contributed by atoms with Gasteiger partial charge >= 0.3 is 0 Å². The number of fused-ring (bicyclic) bond motifs is 1. The quantitative estimate of drug-likeness (QED) is 0.823. The largest absolute Gasteiger partial charge is 0.438 e. The summed E-state index contributed by atoms with van der Waals surface area (Å²) < 4.78 is 5.32. The Morgan fingerprint density at radius 3 is 2.88 bits per heavy atom. The molecule has 86 valence electrons. The SMILES string of the molecule is N=c1oc2ccccc2cc1C(=O)NC1CC1. The van der Waals surface area contributed by atoms with Gasteiger partial charge in [0.1, 0.15) is 11.1 Å². The number of nitrogens with one attached hydrogen (secondary N) is 2. The minimum Gasteiger partial charge on any atom is -0.438 e. The van der Waals surface area contributed by atoms with Gasteiger partial charge in [0, 0.05) is 11.4 Å². The van der Waals surface area contributed by atoms with Crippen molar-refractivity contribution in [3.05, 3.63) is 41.4 Å². The lowest BCUT2D eigenvalue weighted by Crippen LogP contribution is -2.29. The zero-order valence-electron chi connectivity index (χ0n) is 9.19. The van der Waals surface area contributed by atoms with Crippen LogP contribution in [-0.2, 0) is 0 Å². The molecule has 1 heterocycles. The maximum atomic E-state index is 11.9. The van der Waals surface area contributed by atoms with Crippen molar-refractivity contribution < 1.29 is 9.21 Å². The van der Waals surface area contributed by atoms with Crippen molar-refractivity contribution in [1.29, 1.82) is 5.41 Å². The number of benzene rings is 1. The van der Waals surface area contributed by atoms with Crippen LogP contribution in [-0.4, -0.2) is 11.9 Å². The topological polar surface area (TPSA) is 66.1 Å². The molecular weight excluding hydrogens is 216 g/mol. The predicted octanol–water partition coefficient (Wildman–Crippen LogP) is 1.80. The third-order valence-corrected chi connectivity index (χ3v) is 2.83. The van der Waals surface area contributed by atoms with E-state index in [1.165, 1.54) is 0 Å². The van der Waals surface area contributed by atoms with E-state index in [1.54, 1.807) is 12.1 Å². The number of amides is 1. The Hall–Kier alpha value is -2.10. The summed E-state index contributed by atoms with van der Waals surface area (Å²) in [6, 6.07) is 9.37. The standard InChI is InChI=1S/C13H12N2O2/c14-12-10(13(16)15-9-5-6-9)7-8-3-1-2-4-11(8)17-12/h1-4,7,9,14H,5-6H2,(H,15,16). The first-order valence-corrected chi connectivity index (χ1v) is 5.62. The average molecular weight is 228 g/mol. The van der Waals surface area contributed by atoms with E-state index in [9.17, 15) is 4.79 Å². The molecule has 1 saturated carbocycles. The molecule has 4 heteroatoms. The van der Waals surface area contributed by atoms with E-state index in [0.717, 1.165) is 18.2 Å². The highest BCUT2D eigenvalue weighted by Crippen LogP contribution is 2.19. The third-order valence-electron chi connectivity index (χ3n) is 2.83. The molecule has 1 aromatic heterocycles. The Labute approximate surface area is 97.8 Å². The Balaban J connectivity index is 2.05. The van der Waals surface area contributed by atoms with Crippen LogP contribution in [0.4, 0.5) is 0 Å². The smallest absolute Gasteiger partial charge is 0.257 e. The van der Waals surface area contributed by atoms with Crippen LogP contribution in [0.2, 0.25) is 0 Å². The molecule has 0 bridgehead atoms. The molecule has 1 aliphatic rings. The Morgan fingerprint density at radius 1 is 1.35 bits per heavy atom. The monoisotopic (exact) mass is 228 g/mol. The van der Waals surface area contributed by atoms with Gasteiger partial charge in [0.15, 0.2) is 0 Å². The minimum absolute atomic E-state index is 0.0816. The number of hydrogen-bond donors (Lipinski definition) is 2. The zero-order chi connectivity index (χ0) is 11.8. The van der Waals surface area contributed by atoms with Crippen molar-refractivity contribution in [2.24, 2.45) is 0 Å². The molecular formula is C13H12N2O2. The first-order chi connectivity index (χ1) is 8.24. The van der Waals surface area contributed by atoms with Gasteiger partial charge in [-0.05, 0) is 25.0 Å². The summed E-state index contributed by atoms with van der Waals surface area (Å²) in [5, 5.41) is 11.4. The maximum absolute atomic E-state index is 11.9. The van der Waals surface area contributed by atoms with E-state index in [2.05, 4.69) is 5.32 Å². The Kier molecular flexibility index (Phi) is 2.21. The molecule has 1 aliphatic carbocycles. The number of hydrogen-bond acceptors (Lipinski definition) is 3. The number of carbonyl (C=O) groups excluding carboxylic acids is 1. The molecule has 0 atom stereocenters. The Bertz CT molecular complexity index is 641. The van der Waals surface area contributed by atoms with Crippen molar-refractivity contribution in [2.75, 3.05) is 0 Å². The van der Waals surface area contributed by atoms with Crippen LogP contribution in [0.1, 0.15) is 23.2 Å². The molecule has 4 nitrogen and oxygen atoms in total. The van der Waals surface area contributed by atoms with Crippen molar-refractivity contribution in [3.63, 3.8) is 0 Å². The molecule has 2 N–H and O–H groups in total. The van der Waals surface area contributed by atoms with E-state index in [0.29, 0.717) is 11.1 Å². The zero-order valence-corrected chi connectivity index (χ0v) is 9.19. The van der Waals surface area contributed by atoms with Gasteiger partial charge in [0.25, 0.3) is 5.91 Å². The molecule has 0 radical (unpaired) electrons. The van der Waals surface area contributed by atoms with Crippen LogP contribution < -0.4 is 10.9 Å². The lowest BCUT2D eigenvalue weighted by molar-refractivity contribution is 0.0947. The highest BCUT2D eigenvalue weighted by molar-refractivity contribution is 5.96. The van der Waals surface area contributed by atoms with Crippen LogP contribution >= 0.6 is 0 Å². The van der Waals surface area contributed by atoms with Gasteiger partial charge in [-0.25, -0.2) is 0 Å². The summed E-state index contributed by atoms with van der Waals surface area (Å²) in [5.41, 5.74) is 0.845. The van der Waals surface area contributed by atoms with Crippen molar-refractivity contribution >= 4 is 16.9 Å². The van der Waals surface area contributed by atoms with E-state index in [1.807, 2.05) is 18.2 Å². The van der Waals surface area contributed by atoms with E-state index in [4.69, 9.17) is 9.83 Å². The molecule has 0 aliphatic heterocycles. The van der Waals surface area contributed by atoms with E-state index < -0.39 is 0 Å². The molecule has 1 fully saturated rings. The summed E-state index contributed by atoms with van der Waals surface area (Å²) in [5.74, 6) is -0.216. The third kappa shape index (κ3) is 1.93. The van der Waals surface area contributed by atoms with Gasteiger partial charge in [-0.1, -0.05) is 18.2 Å². The number of para-hydroxylation sites is 1. The minimum atomic E-state index is -0.216. The van der Waals surface area contributed by atoms with Gasteiger partial charge in [-0.3, -0.25) is 10.2 Å². The lowest BCUT2D eigenvalue weighted by atomic mass is 10.2. The molecule has 0 spiro atoms. The first kappa shape index (κ1) is 10.1. The molecule has 0 unspecified atom stereocenters. The summed E-state index contributed by atoms with van der Waals surface area (Å²) in [4.78, 5) is 11.9. The molecule has 0 saturated heterocycles. The first-order valence-electron chi connectivity index (χ1n) is 5.62. The second kappa shape index (κ2) is 3.73. The Morgan fingerprint density at radius 2 is 2.12 bits per heavy atom. The summed E-state index contributed by atoms with van der Waals surface area (Å²) >= 11 is 0. The van der Waals surface area contributed by atoms with Crippen molar-refractivity contribution in [1.82, 2.24) is 5.32 Å². The maximum Gasteiger partial charge on any atom is 0.257 e. The van der Waals surface area contributed by atoms with Crippen molar-refractivity contribution in [3.8, 4) is 0 Å². The summed E-state index contributed by atoms with van der Waals surface area (Å²) in [7, 11) is 0. The fourth-order valence-electron chi connectivity index (χ4n) is 1.74. The van der Waals surface area contributed by atoms with Gasteiger partial charge in [0.05, 0.1) is 0 Å². The van der Waals surface area contributed by atoms with Gasteiger partial charge in [0.2, 0.25) is 5.55 Å². The van der Waals surface area contributed by atoms with Gasteiger partial charge in [-0.2, -0.15) is 0 Å².